The summed E-state index contributed by atoms with van der Waals surface area (Å²) in [5.41, 5.74) is 2.21. The molecule has 1 heterocycles. The van der Waals surface area contributed by atoms with Gasteiger partial charge in [0.1, 0.15) is 12.2 Å². The second kappa shape index (κ2) is 6.24. The second-order valence-corrected chi connectivity index (χ2v) is 5.45. The lowest BCUT2D eigenvalue weighted by molar-refractivity contribution is 0.725. The van der Waals surface area contributed by atoms with Crippen molar-refractivity contribution >= 4 is 70.1 Å². The Bertz CT molecular complexity index is 520. The second-order valence-electron chi connectivity index (χ2n) is 3.40. The number of fused-ring (bicyclic) bond motifs is 1. The van der Waals surface area contributed by atoms with Crippen LogP contribution in [0.1, 0.15) is 0 Å². The van der Waals surface area contributed by atoms with Crippen LogP contribution in [0.5, 0.6) is 0 Å². The number of halogens is 2. The summed E-state index contributed by atoms with van der Waals surface area (Å²) in [6.07, 6.45) is 2.04. The molecule has 17 heavy (non-hydrogen) atoms. The molecule has 0 unspecified atom stereocenters. The maximum absolute atomic E-state index is 5.24. The van der Waals surface area contributed by atoms with E-state index in [1.807, 2.05) is 36.7 Å². The molecule has 7 heteroatoms. The van der Waals surface area contributed by atoms with Crippen LogP contribution >= 0.6 is 53.5 Å². The van der Waals surface area contributed by atoms with Crippen molar-refractivity contribution in [3.8, 4) is 0 Å². The maximum atomic E-state index is 5.24. The molecule has 0 aliphatic rings. The smallest absolute Gasteiger partial charge is 0.135 e. The van der Waals surface area contributed by atoms with Crippen LogP contribution in [0.15, 0.2) is 28.9 Å². The lowest BCUT2D eigenvalue weighted by atomic mass is 10.2. The van der Waals surface area contributed by atoms with Gasteiger partial charge in [-0.2, -0.15) is 17.2 Å². The van der Waals surface area contributed by atoms with Crippen LogP contribution in [0.4, 0.5) is 5.69 Å². The van der Waals surface area contributed by atoms with E-state index in [1.165, 1.54) is 0 Å². The van der Waals surface area contributed by atoms with Crippen LogP contribution in [-0.4, -0.2) is 11.6 Å². The molecule has 1 aromatic carbocycles. The predicted molar refractivity (Wildman–Crippen MR) is 83.9 cm³/mol. The first-order valence-corrected chi connectivity index (χ1v) is 6.38. The average Bonchev–Trinajstić information content (AvgIpc) is 2.58. The van der Waals surface area contributed by atoms with Gasteiger partial charge < -0.3 is 4.57 Å². The van der Waals surface area contributed by atoms with Crippen molar-refractivity contribution in [2.45, 2.75) is 0 Å². The molecule has 0 spiro atoms. The normalized spacial score (nSPS) is 10.4. The Labute approximate surface area is 125 Å². The Morgan fingerprint density at radius 2 is 2.18 bits per heavy atom. The minimum Gasteiger partial charge on any atom is -0.347 e. The van der Waals surface area contributed by atoms with Gasteiger partial charge in [-0.05, 0) is 22.0 Å². The molecule has 0 bridgehead atoms. The van der Waals surface area contributed by atoms with E-state index in [4.69, 9.17) is 11.9 Å². The first-order chi connectivity index (χ1) is 7.65. The van der Waals surface area contributed by atoms with Gasteiger partial charge in [0.15, 0.2) is 0 Å². The topological polar surface area (TPSA) is 17.4 Å². The van der Waals surface area contributed by atoms with Crippen molar-refractivity contribution in [3.05, 3.63) is 28.9 Å². The third kappa shape index (κ3) is 2.88. The Hall–Kier alpha value is -0.0100. The molecule has 0 saturated carbocycles. The zero-order valence-corrected chi connectivity index (χ0v) is 13.4. The largest absolute Gasteiger partial charge is 0.347 e. The Morgan fingerprint density at radius 3 is 2.82 bits per heavy atom. The van der Waals surface area contributed by atoms with Gasteiger partial charge in [-0.15, -0.1) is 0 Å². The molecule has 2 aromatic rings. The summed E-state index contributed by atoms with van der Waals surface area (Å²) in [5.74, 6) is 0. The third-order valence-electron chi connectivity index (χ3n) is 2.41. The van der Waals surface area contributed by atoms with Crippen molar-refractivity contribution < 1.29 is 3.74 Å². The number of para-hydroxylation sites is 1. The van der Waals surface area contributed by atoms with E-state index < -0.39 is 0 Å². The zero-order valence-electron chi connectivity index (χ0n) is 9.28. The van der Waals surface area contributed by atoms with Crippen molar-refractivity contribution in [2.75, 3.05) is 11.4 Å². The number of hydrogen-bond donors (Lipinski definition) is 0. The molecule has 0 radical (unpaired) electrons. The van der Waals surface area contributed by atoms with E-state index in [2.05, 4.69) is 30.3 Å². The fourth-order valence-electron chi connectivity index (χ4n) is 1.73. The third-order valence-corrected chi connectivity index (χ3v) is 3.70. The molecule has 3 nitrogen and oxygen atoms in total. The van der Waals surface area contributed by atoms with E-state index in [1.54, 1.807) is 0 Å². The van der Waals surface area contributed by atoms with Crippen LogP contribution in [0.25, 0.3) is 10.9 Å². The zero-order chi connectivity index (χ0) is 11.7. The van der Waals surface area contributed by atoms with Crippen LogP contribution in [0, 0.1) is 0 Å². The minimum absolute atomic E-state index is 0. The quantitative estimate of drug-likeness (QED) is 0.606. The monoisotopic (exact) mass is 354 g/mol. The fourth-order valence-corrected chi connectivity index (χ4v) is 2.94. The molecular formula is C10H12BrClN2OS2. The summed E-state index contributed by atoms with van der Waals surface area (Å²) in [5, 5.41) is 1.15. The van der Waals surface area contributed by atoms with Gasteiger partial charge in [-0.25, -0.2) is 0 Å². The fraction of sp³-hybridized carbons (Fsp3) is 0.200. The minimum atomic E-state index is 0. The lowest BCUT2D eigenvalue weighted by Crippen LogP contribution is -2.04. The van der Waals surface area contributed by atoms with Gasteiger partial charge in [0, 0.05) is 30.2 Å². The van der Waals surface area contributed by atoms with Crippen LogP contribution < -0.4 is 4.31 Å². The first-order valence-electron chi connectivity index (χ1n) is 4.58. The first kappa shape index (κ1) is 15.0. The Kier molecular flexibility index (Phi) is 5.53. The Balaban J connectivity index is 0.00000144. The highest BCUT2D eigenvalue weighted by molar-refractivity contribution is 9.10. The molecule has 94 valence electrons. The molecule has 0 fully saturated rings. The van der Waals surface area contributed by atoms with E-state index in [-0.39, 0.29) is 13.5 Å². The Morgan fingerprint density at radius 1 is 1.47 bits per heavy atom. The highest BCUT2D eigenvalue weighted by Gasteiger charge is 2.13. The summed E-state index contributed by atoms with van der Waals surface area (Å²) in [7, 11) is 3.92. The SMILES string of the molecule is CN(SOCl)c1cn(C)c2c(Br)cccc12.S. The highest BCUT2D eigenvalue weighted by atomic mass is 79.9. The lowest BCUT2D eigenvalue weighted by Gasteiger charge is -2.12. The summed E-state index contributed by atoms with van der Waals surface area (Å²) >= 11 is 9.87. The van der Waals surface area contributed by atoms with Gasteiger partial charge >= 0.3 is 0 Å². The average molecular weight is 356 g/mol. The van der Waals surface area contributed by atoms with Gasteiger partial charge in [0.2, 0.25) is 0 Å². The van der Waals surface area contributed by atoms with Crippen molar-refractivity contribution in [3.63, 3.8) is 0 Å². The molecule has 0 saturated heterocycles. The summed E-state index contributed by atoms with van der Waals surface area (Å²) in [6.45, 7) is 0. The number of aromatic nitrogens is 1. The van der Waals surface area contributed by atoms with Gasteiger partial charge in [0.25, 0.3) is 0 Å². The standard InChI is InChI=1S/C10H10BrClN2OS.H2S/c1-13-6-9(14(2)16-15-12)7-4-3-5-8(11)10(7)13;/h3-6H,1-2H3;1H2. The van der Waals surface area contributed by atoms with Crippen LogP contribution in [0.3, 0.4) is 0 Å². The number of anilines is 1. The van der Waals surface area contributed by atoms with E-state index in [9.17, 15) is 0 Å². The number of hydrogen-bond acceptors (Lipinski definition) is 3. The number of benzene rings is 1. The van der Waals surface area contributed by atoms with Crippen LogP contribution in [0.2, 0.25) is 0 Å². The molecule has 0 aliphatic carbocycles. The number of nitrogens with zero attached hydrogens (tertiary/aromatic N) is 2. The molecule has 1 aromatic heterocycles. The van der Waals surface area contributed by atoms with Crippen molar-refractivity contribution in [1.82, 2.24) is 4.57 Å². The maximum Gasteiger partial charge on any atom is 0.135 e. The molecule has 0 N–H and O–H groups in total. The molecule has 0 aliphatic heterocycles. The van der Waals surface area contributed by atoms with Gasteiger partial charge in [-0.3, -0.25) is 4.31 Å². The molecule has 0 atom stereocenters. The summed E-state index contributed by atoms with van der Waals surface area (Å²) in [4.78, 5) is 0. The van der Waals surface area contributed by atoms with Crippen molar-refractivity contribution in [1.29, 1.82) is 0 Å². The van der Waals surface area contributed by atoms with Crippen molar-refractivity contribution in [2.24, 2.45) is 7.05 Å². The van der Waals surface area contributed by atoms with E-state index >= 15 is 0 Å². The number of rotatable bonds is 3. The molecule has 0 amide bonds. The van der Waals surface area contributed by atoms with Crippen LogP contribution in [-0.2, 0) is 10.8 Å². The van der Waals surface area contributed by atoms with E-state index in [0.29, 0.717) is 0 Å². The van der Waals surface area contributed by atoms with E-state index in [0.717, 1.165) is 33.3 Å². The summed E-state index contributed by atoms with van der Waals surface area (Å²) in [6, 6.07) is 6.11. The molecule has 2 rings (SSSR count). The van der Waals surface area contributed by atoms with Gasteiger partial charge in [0.05, 0.1) is 23.1 Å². The summed E-state index contributed by atoms with van der Waals surface area (Å²) < 4.78 is 9.56. The highest BCUT2D eigenvalue weighted by Crippen LogP contribution is 2.35. The predicted octanol–water partition coefficient (Wildman–Crippen LogP) is 4.22. The van der Waals surface area contributed by atoms with Gasteiger partial charge in [-0.1, -0.05) is 12.1 Å². The number of aryl methyl sites for hydroxylation is 1. The molecular weight excluding hydrogens is 344 g/mol.